The summed E-state index contributed by atoms with van der Waals surface area (Å²) in [6.45, 7) is 0.549. The third-order valence-corrected chi connectivity index (χ3v) is 4.91. The van der Waals surface area contributed by atoms with Crippen LogP contribution in [-0.2, 0) is 13.0 Å². The molecule has 0 aliphatic rings. The first-order chi connectivity index (χ1) is 15.1. The van der Waals surface area contributed by atoms with Crippen molar-refractivity contribution in [3.63, 3.8) is 0 Å². The van der Waals surface area contributed by atoms with E-state index in [4.69, 9.17) is 0 Å². The molecule has 0 fully saturated rings. The van der Waals surface area contributed by atoms with Gasteiger partial charge in [0.15, 0.2) is 0 Å². The summed E-state index contributed by atoms with van der Waals surface area (Å²) in [6, 6.07) is 18.9. The fourth-order valence-electron chi connectivity index (χ4n) is 3.38. The van der Waals surface area contributed by atoms with Gasteiger partial charge < -0.3 is 5.32 Å². The Morgan fingerprint density at radius 1 is 0.935 bits per heavy atom. The van der Waals surface area contributed by atoms with Gasteiger partial charge in [-0.15, -0.1) is 0 Å². The topological polar surface area (TPSA) is 59.8 Å². The van der Waals surface area contributed by atoms with Crippen molar-refractivity contribution in [1.82, 2.24) is 20.1 Å². The first-order valence-corrected chi connectivity index (χ1v) is 9.79. The maximum atomic E-state index is 13.8. The van der Waals surface area contributed by atoms with Crippen LogP contribution in [0.15, 0.2) is 85.5 Å². The molecule has 5 nitrogen and oxygen atoms in total. The Labute approximate surface area is 178 Å². The number of benzene rings is 3. The zero-order valence-electron chi connectivity index (χ0n) is 16.6. The predicted molar refractivity (Wildman–Crippen MR) is 112 cm³/mol. The zero-order valence-corrected chi connectivity index (χ0v) is 16.6. The van der Waals surface area contributed by atoms with E-state index in [1.807, 2.05) is 12.1 Å². The number of carbonyl (C=O) groups is 1. The molecule has 31 heavy (non-hydrogen) atoms. The molecule has 1 unspecified atom stereocenters. The SMILES string of the molecule is O=C(NC(Cc1cccc(F)c1)c1cccc(F)c1)c1ccc(Cn2cncn2)cc1. The van der Waals surface area contributed by atoms with Gasteiger partial charge in [-0.05, 0) is 59.5 Å². The predicted octanol–water partition coefficient (Wildman–Crippen LogP) is 4.32. The van der Waals surface area contributed by atoms with Crippen LogP contribution in [0.2, 0.25) is 0 Å². The van der Waals surface area contributed by atoms with Gasteiger partial charge in [0.05, 0.1) is 12.6 Å². The molecule has 0 radical (unpaired) electrons. The van der Waals surface area contributed by atoms with Crippen LogP contribution in [0.4, 0.5) is 8.78 Å². The minimum Gasteiger partial charge on any atom is -0.345 e. The average molecular weight is 418 g/mol. The first kappa shape index (κ1) is 20.4. The Morgan fingerprint density at radius 2 is 1.68 bits per heavy atom. The fourth-order valence-corrected chi connectivity index (χ4v) is 3.38. The van der Waals surface area contributed by atoms with Crippen molar-refractivity contribution in [2.75, 3.05) is 0 Å². The van der Waals surface area contributed by atoms with Gasteiger partial charge >= 0.3 is 0 Å². The molecule has 0 aliphatic heterocycles. The summed E-state index contributed by atoms with van der Waals surface area (Å²) in [7, 11) is 0. The minimum atomic E-state index is -0.514. The first-order valence-electron chi connectivity index (χ1n) is 9.79. The smallest absolute Gasteiger partial charge is 0.251 e. The van der Waals surface area contributed by atoms with Gasteiger partial charge in [-0.25, -0.2) is 18.4 Å². The van der Waals surface area contributed by atoms with E-state index in [1.165, 1.54) is 30.6 Å². The highest BCUT2D eigenvalue weighted by Gasteiger charge is 2.17. The number of hydrogen-bond donors (Lipinski definition) is 1. The summed E-state index contributed by atoms with van der Waals surface area (Å²) in [5.74, 6) is -1.05. The van der Waals surface area contributed by atoms with Gasteiger partial charge in [-0.3, -0.25) is 4.79 Å². The fraction of sp³-hybridized carbons (Fsp3) is 0.125. The number of amides is 1. The minimum absolute atomic E-state index is 0.294. The highest BCUT2D eigenvalue weighted by Crippen LogP contribution is 2.21. The van der Waals surface area contributed by atoms with Crippen molar-refractivity contribution in [2.45, 2.75) is 19.0 Å². The van der Waals surface area contributed by atoms with Crippen molar-refractivity contribution in [3.8, 4) is 0 Å². The molecule has 156 valence electrons. The lowest BCUT2D eigenvalue weighted by molar-refractivity contribution is 0.0936. The number of hydrogen-bond acceptors (Lipinski definition) is 3. The van der Waals surface area contributed by atoms with Crippen LogP contribution >= 0.6 is 0 Å². The number of carbonyl (C=O) groups excluding carboxylic acids is 1. The summed E-state index contributed by atoms with van der Waals surface area (Å²) < 4.78 is 29.1. The van der Waals surface area contributed by atoms with E-state index in [0.717, 1.165) is 5.56 Å². The van der Waals surface area contributed by atoms with Crippen LogP contribution in [-0.4, -0.2) is 20.7 Å². The summed E-state index contributed by atoms with van der Waals surface area (Å²) in [5, 5.41) is 7.02. The van der Waals surface area contributed by atoms with Crippen molar-refractivity contribution in [3.05, 3.63) is 119 Å². The molecular formula is C24H20F2N4O. The van der Waals surface area contributed by atoms with E-state index in [-0.39, 0.29) is 11.7 Å². The van der Waals surface area contributed by atoms with Crippen molar-refractivity contribution >= 4 is 5.91 Å². The molecule has 1 heterocycles. The highest BCUT2D eigenvalue weighted by atomic mass is 19.1. The van der Waals surface area contributed by atoms with E-state index < -0.39 is 11.9 Å². The molecule has 0 saturated carbocycles. The molecule has 0 aliphatic carbocycles. The molecule has 1 amide bonds. The largest absolute Gasteiger partial charge is 0.345 e. The highest BCUT2D eigenvalue weighted by molar-refractivity contribution is 5.94. The van der Waals surface area contributed by atoms with E-state index in [2.05, 4.69) is 15.4 Å². The molecule has 0 bridgehead atoms. The average Bonchev–Trinajstić information content (AvgIpc) is 3.27. The van der Waals surface area contributed by atoms with Crippen molar-refractivity contribution in [1.29, 1.82) is 0 Å². The molecule has 4 aromatic rings. The van der Waals surface area contributed by atoms with E-state index in [9.17, 15) is 13.6 Å². The van der Waals surface area contributed by atoms with Gasteiger partial charge in [-0.1, -0.05) is 36.4 Å². The lowest BCUT2D eigenvalue weighted by Gasteiger charge is -2.20. The summed E-state index contributed by atoms with van der Waals surface area (Å²) >= 11 is 0. The lowest BCUT2D eigenvalue weighted by atomic mass is 9.98. The molecule has 7 heteroatoms. The van der Waals surface area contributed by atoms with Crippen LogP contribution < -0.4 is 5.32 Å². The maximum absolute atomic E-state index is 13.8. The van der Waals surface area contributed by atoms with Crippen LogP contribution in [0.5, 0.6) is 0 Å². The molecule has 4 rings (SSSR count). The van der Waals surface area contributed by atoms with Crippen molar-refractivity contribution in [2.24, 2.45) is 0 Å². The molecule has 0 spiro atoms. The number of nitrogens with one attached hydrogen (secondary N) is 1. The summed E-state index contributed by atoms with van der Waals surface area (Å²) in [5.41, 5.74) is 2.77. The normalized spacial score (nSPS) is 11.8. The van der Waals surface area contributed by atoms with E-state index >= 15 is 0 Å². The second-order valence-electron chi connectivity index (χ2n) is 7.21. The second kappa shape index (κ2) is 9.30. The number of nitrogens with zero attached hydrogens (tertiary/aromatic N) is 3. The Balaban J connectivity index is 1.52. The van der Waals surface area contributed by atoms with Gasteiger partial charge in [-0.2, -0.15) is 5.10 Å². The molecule has 0 saturated heterocycles. The lowest BCUT2D eigenvalue weighted by Crippen LogP contribution is -2.30. The maximum Gasteiger partial charge on any atom is 0.251 e. The van der Waals surface area contributed by atoms with Gasteiger partial charge in [0.2, 0.25) is 0 Å². The van der Waals surface area contributed by atoms with E-state index in [1.54, 1.807) is 47.4 Å². The number of halogens is 2. The number of rotatable bonds is 7. The Kier molecular flexibility index (Phi) is 6.12. The van der Waals surface area contributed by atoms with Crippen LogP contribution in [0, 0.1) is 11.6 Å². The van der Waals surface area contributed by atoms with Gasteiger partial charge in [0, 0.05) is 5.56 Å². The Hall–Kier alpha value is -3.87. The van der Waals surface area contributed by atoms with Crippen LogP contribution in [0.25, 0.3) is 0 Å². The molecule has 1 atom stereocenters. The van der Waals surface area contributed by atoms with Crippen molar-refractivity contribution < 1.29 is 13.6 Å². The Bertz CT molecular complexity index is 1160. The van der Waals surface area contributed by atoms with E-state index in [0.29, 0.717) is 29.7 Å². The molecular weight excluding hydrogens is 398 g/mol. The standard InChI is InChI=1S/C24H20F2N4O/c25-21-5-1-3-18(11-21)12-23(20-4-2-6-22(26)13-20)29-24(31)19-9-7-17(8-10-19)14-30-16-27-15-28-30/h1-11,13,15-16,23H,12,14H2,(H,29,31). The quantitative estimate of drug-likeness (QED) is 0.486. The van der Waals surface area contributed by atoms with Gasteiger partial charge in [0.25, 0.3) is 5.91 Å². The van der Waals surface area contributed by atoms with Crippen LogP contribution in [0.1, 0.15) is 33.1 Å². The zero-order chi connectivity index (χ0) is 21.6. The second-order valence-corrected chi connectivity index (χ2v) is 7.21. The third-order valence-electron chi connectivity index (χ3n) is 4.91. The molecule has 3 aromatic carbocycles. The third kappa shape index (κ3) is 5.39. The molecule has 1 N–H and O–H groups in total. The van der Waals surface area contributed by atoms with Gasteiger partial charge in [0.1, 0.15) is 24.3 Å². The Morgan fingerprint density at radius 3 is 2.35 bits per heavy atom. The summed E-state index contributed by atoms with van der Waals surface area (Å²) in [4.78, 5) is 16.8. The summed E-state index contributed by atoms with van der Waals surface area (Å²) in [6.07, 6.45) is 3.42. The number of aromatic nitrogens is 3. The van der Waals surface area contributed by atoms with Crippen LogP contribution in [0.3, 0.4) is 0 Å². The monoisotopic (exact) mass is 418 g/mol. The molecule has 1 aromatic heterocycles.